The summed E-state index contributed by atoms with van der Waals surface area (Å²) in [7, 11) is 0. The molecule has 0 fully saturated rings. The van der Waals surface area contributed by atoms with Crippen LogP contribution < -0.4 is 0 Å². The second-order valence-corrected chi connectivity index (χ2v) is 3.64. The predicted octanol–water partition coefficient (Wildman–Crippen LogP) is 0.979. The Balaban J connectivity index is 1.82. The molecule has 6 nitrogen and oxygen atoms in total. The Hall–Kier alpha value is -2.37. The number of para-hydroxylation sites is 2. The summed E-state index contributed by atoms with van der Waals surface area (Å²) in [6, 6.07) is 7.44. The molecule has 2 aromatic rings. The van der Waals surface area contributed by atoms with Gasteiger partial charge in [-0.3, -0.25) is 4.99 Å². The van der Waals surface area contributed by atoms with Gasteiger partial charge in [0.15, 0.2) is 0 Å². The molecule has 0 unspecified atom stereocenters. The monoisotopic (exact) mass is 230 g/mol. The molecule has 86 valence electrons. The van der Waals surface area contributed by atoms with Gasteiger partial charge >= 0.3 is 5.97 Å². The molecule has 6 heteroatoms. The lowest BCUT2D eigenvalue weighted by atomic mass is 10.3. The second kappa shape index (κ2) is 3.89. The van der Waals surface area contributed by atoms with Crippen molar-refractivity contribution >= 4 is 23.3 Å². The van der Waals surface area contributed by atoms with Gasteiger partial charge in [-0.25, -0.2) is 9.78 Å². The number of hydroxylamine groups is 2. The highest BCUT2D eigenvalue weighted by Gasteiger charge is 2.17. The van der Waals surface area contributed by atoms with Crippen LogP contribution in [-0.2, 0) is 4.84 Å². The number of fused-ring (bicyclic) bond motifs is 1. The third-order valence-electron chi connectivity index (χ3n) is 2.44. The van der Waals surface area contributed by atoms with Crippen LogP contribution in [0.4, 0.5) is 0 Å². The zero-order valence-corrected chi connectivity index (χ0v) is 8.96. The Morgan fingerprint density at radius 2 is 2.29 bits per heavy atom. The molecule has 0 saturated carbocycles. The molecular weight excluding hydrogens is 220 g/mol. The molecule has 1 N–H and O–H groups in total. The highest BCUT2D eigenvalue weighted by Crippen LogP contribution is 2.11. The summed E-state index contributed by atoms with van der Waals surface area (Å²) in [5, 5.41) is 1.40. The first-order valence-corrected chi connectivity index (χ1v) is 5.26. The van der Waals surface area contributed by atoms with Crippen molar-refractivity contribution < 1.29 is 9.63 Å². The maximum absolute atomic E-state index is 11.8. The van der Waals surface area contributed by atoms with Crippen LogP contribution >= 0.6 is 0 Å². The van der Waals surface area contributed by atoms with E-state index in [1.165, 1.54) is 11.4 Å². The van der Waals surface area contributed by atoms with Gasteiger partial charge in [0.25, 0.3) is 0 Å². The van der Waals surface area contributed by atoms with E-state index in [-0.39, 0.29) is 5.82 Å². The molecule has 17 heavy (non-hydrogen) atoms. The average molecular weight is 230 g/mol. The second-order valence-electron chi connectivity index (χ2n) is 3.64. The fourth-order valence-electron chi connectivity index (χ4n) is 1.63. The lowest BCUT2D eigenvalue weighted by molar-refractivity contribution is -0.0464. The lowest BCUT2D eigenvalue weighted by Gasteiger charge is -2.11. The third kappa shape index (κ3) is 1.84. The van der Waals surface area contributed by atoms with Crippen LogP contribution in [0.25, 0.3) is 11.0 Å². The van der Waals surface area contributed by atoms with Gasteiger partial charge in [-0.05, 0) is 12.1 Å². The maximum Gasteiger partial charge on any atom is 0.398 e. The summed E-state index contributed by atoms with van der Waals surface area (Å²) in [5.41, 5.74) is 1.56. The summed E-state index contributed by atoms with van der Waals surface area (Å²) in [5.74, 6) is -0.305. The number of nitrogens with one attached hydrogen (secondary N) is 1. The minimum Gasteiger partial charge on any atom is -0.332 e. The van der Waals surface area contributed by atoms with Crippen molar-refractivity contribution in [3.63, 3.8) is 0 Å². The normalized spacial score (nSPS) is 14.5. The summed E-state index contributed by atoms with van der Waals surface area (Å²) in [4.78, 5) is 27.8. The number of hydrogen-bond acceptors (Lipinski definition) is 5. The summed E-state index contributed by atoms with van der Waals surface area (Å²) in [6.07, 6.45) is 1.50. The predicted molar refractivity (Wildman–Crippen MR) is 61.6 cm³/mol. The molecule has 0 bridgehead atoms. The topological polar surface area (TPSA) is 70.6 Å². The molecule has 1 aromatic heterocycles. The summed E-state index contributed by atoms with van der Waals surface area (Å²) in [6.45, 7) is 1.24. The zero-order chi connectivity index (χ0) is 11.7. The molecule has 0 radical (unpaired) electrons. The molecule has 0 atom stereocenters. The van der Waals surface area contributed by atoms with Gasteiger partial charge in [0.2, 0.25) is 5.82 Å². The zero-order valence-electron chi connectivity index (χ0n) is 8.96. The Labute approximate surface area is 96.9 Å². The van der Waals surface area contributed by atoms with E-state index in [1.807, 2.05) is 24.3 Å². The molecule has 0 amide bonds. The van der Waals surface area contributed by atoms with E-state index in [2.05, 4.69) is 15.0 Å². The Kier molecular flexibility index (Phi) is 2.25. The first-order valence-electron chi connectivity index (χ1n) is 5.26. The largest absolute Gasteiger partial charge is 0.398 e. The van der Waals surface area contributed by atoms with Crippen molar-refractivity contribution in [3.8, 4) is 0 Å². The first-order chi connectivity index (χ1) is 8.33. The first kappa shape index (κ1) is 9.83. The Morgan fingerprint density at radius 1 is 1.41 bits per heavy atom. The highest BCUT2D eigenvalue weighted by atomic mass is 16.7. The van der Waals surface area contributed by atoms with Crippen LogP contribution in [0.3, 0.4) is 0 Å². The minimum absolute atomic E-state index is 0.200. The van der Waals surface area contributed by atoms with Crippen molar-refractivity contribution in [2.24, 2.45) is 4.99 Å². The number of imidazole rings is 1. The van der Waals surface area contributed by atoms with E-state index >= 15 is 0 Å². The molecule has 3 rings (SSSR count). The van der Waals surface area contributed by atoms with Gasteiger partial charge in [-0.2, -0.15) is 5.06 Å². The Morgan fingerprint density at radius 3 is 3.06 bits per heavy atom. The van der Waals surface area contributed by atoms with Gasteiger partial charge in [0.05, 0.1) is 24.1 Å². The lowest BCUT2D eigenvalue weighted by Crippen LogP contribution is -2.24. The van der Waals surface area contributed by atoms with Gasteiger partial charge in [-0.1, -0.05) is 12.1 Å². The molecule has 1 aromatic carbocycles. The van der Waals surface area contributed by atoms with Crippen molar-refractivity contribution in [1.29, 1.82) is 0 Å². The van der Waals surface area contributed by atoms with E-state index < -0.39 is 5.97 Å². The number of hydrogen-bond donors (Lipinski definition) is 1. The number of carbonyl (C=O) groups excluding carboxylic acids is 1. The number of aromatic amines is 1. The maximum atomic E-state index is 11.8. The van der Waals surface area contributed by atoms with E-state index in [0.717, 1.165) is 11.0 Å². The van der Waals surface area contributed by atoms with Crippen LogP contribution in [-0.4, -0.2) is 40.4 Å². The molecule has 1 aliphatic rings. The van der Waals surface area contributed by atoms with E-state index in [4.69, 9.17) is 4.84 Å². The van der Waals surface area contributed by atoms with Crippen LogP contribution in [0.1, 0.15) is 10.6 Å². The van der Waals surface area contributed by atoms with Crippen LogP contribution in [0.2, 0.25) is 0 Å². The number of carbonyl (C=O) groups is 1. The summed E-state index contributed by atoms with van der Waals surface area (Å²) < 4.78 is 0. The van der Waals surface area contributed by atoms with Crippen molar-refractivity contribution in [2.45, 2.75) is 0 Å². The van der Waals surface area contributed by atoms with E-state index in [9.17, 15) is 4.79 Å². The van der Waals surface area contributed by atoms with Crippen molar-refractivity contribution in [3.05, 3.63) is 30.1 Å². The van der Waals surface area contributed by atoms with Crippen molar-refractivity contribution in [1.82, 2.24) is 15.0 Å². The molecule has 1 aliphatic heterocycles. The number of rotatable bonds is 2. The minimum atomic E-state index is -0.505. The number of nitrogens with zero attached hydrogens (tertiary/aromatic N) is 3. The van der Waals surface area contributed by atoms with Crippen molar-refractivity contribution in [2.75, 3.05) is 13.1 Å². The third-order valence-corrected chi connectivity index (χ3v) is 2.44. The van der Waals surface area contributed by atoms with E-state index in [0.29, 0.717) is 13.1 Å². The van der Waals surface area contributed by atoms with Gasteiger partial charge < -0.3 is 9.82 Å². The van der Waals surface area contributed by atoms with Crippen LogP contribution in [0.5, 0.6) is 0 Å². The molecule has 0 spiro atoms. The fourth-order valence-corrected chi connectivity index (χ4v) is 1.63. The van der Waals surface area contributed by atoms with Crippen LogP contribution in [0.15, 0.2) is 29.3 Å². The Bertz CT molecular complexity index is 557. The van der Waals surface area contributed by atoms with Gasteiger partial charge in [0, 0.05) is 0 Å². The smallest absolute Gasteiger partial charge is 0.332 e. The number of H-pyrrole nitrogens is 1. The molecule has 0 saturated heterocycles. The average Bonchev–Trinajstić information content (AvgIpc) is 2.96. The highest BCUT2D eigenvalue weighted by molar-refractivity contribution is 5.90. The molecule has 2 heterocycles. The van der Waals surface area contributed by atoms with Gasteiger partial charge in [0.1, 0.15) is 6.34 Å². The fraction of sp³-hybridized carbons (Fsp3) is 0.182. The molecule has 0 aliphatic carbocycles. The molecular formula is C11H10N4O2. The standard InChI is InChI=1S/C11H10N4O2/c16-11(17-15-6-5-12-7-15)10-13-8-3-1-2-4-9(8)14-10/h1-4,7H,5-6H2,(H,13,14). The number of aliphatic imine (C=N–C) groups is 1. The summed E-state index contributed by atoms with van der Waals surface area (Å²) >= 11 is 0. The number of aromatic nitrogens is 2. The van der Waals surface area contributed by atoms with E-state index in [1.54, 1.807) is 0 Å². The van der Waals surface area contributed by atoms with Crippen LogP contribution in [0, 0.1) is 0 Å². The number of benzene rings is 1. The SMILES string of the molecule is O=C(ON1C=NCC1)c1nc2ccccc2[nH]1. The quantitative estimate of drug-likeness (QED) is 0.834. The van der Waals surface area contributed by atoms with Gasteiger partial charge in [-0.15, -0.1) is 0 Å².